The van der Waals surface area contributed by atoms with Crippen molar-refractivity contribution in [2.75, 3.05) is 0 Å². The Morgan fingerprint density at radius 1 is 1.24 bits per heavy atom. The molecule has 2 saturated carbocycles. The van der Waals surface area contributed by atoms with Gasteiger partial charge in [-0.1, -0.05) is 25.3 Å². The Morgan fingerprint density at radius 3 is 2.67 bits per heavy atom. The van der Waals surface area contributed by atoms with E-state index in [0.29, 0.717) is 6.04 Å². The number of rotatable bonds is 3. The van der Waals surface area contributed by atoms with E-state index in [-0.39, 0.29) is 0 Å². The van der Waals surface area contributed by atoms with E-state index < -0.39 is 11.4 Å². The van der Waals surface area contributed by atoms with Crippen LogP contribution in [0.25, 0.3) is 11.0 Å². The van der Waals surface area contributed by atoms with Crippen LogP contribution in [0, 0.1) is 0 Å². The van der Waals surface area contributed by atoms with Gasteiger partial charge >= 0.3 is 5.97 Å². The summed E-state index contributed by atoms with van der Waals surface area (Å²) in [7, 11) is 0. The first kappa shape index (κ1) is 12.9. The number of fused-ring (bicyclic) bond motifs is 1. The lowest BCUT2D eigenvalue weighted by Crippen LogP contribution is -2.37. The molecular weight excluding hydrogens is 264 g/mol. The van der Waals surface area contributed by atoms with Gasteiger partial charge in [-0.3, -0.25) is 4.79 Å². The van der Waals surface area contributed by atoms with E-state index in [1.54, 1.807) is 0 Å². The minimum absolute atomic E-state index is 0.601. The summed E-state index contributed by atoms with van der Waals surface area (Å²) in [5, 5.41) is 9.79. The monoisotopic (exact) mass is 284 g/mol. The summed E-state index contributed by atoms with van der Waals surface area (Å²) in [6.07, 6.45) is 9.00. The van der Waals surface area contributed by atoms with Gasteiger partial charge in [0.25, 0.3) is 0 Å². The first-order valence-electron chi connectivity index (χ1n) is 7.91. The molecule has 0 aliphatic heterocycles. The van der Waals surface area contributed by atoms with Gasteiger partial charge in [-0.2, -0.15) is 0 Å². The van der Waals surface area contributed by atoms with Gasteiger partial charge in [-0.05, 0) is 43.4 Å². The third-order valence-corrected chi connectivity index (χ3v) is 5.18. The molecule has 1 heterocycles. The highest BCUT2D eigenvalue weighted by molar-refractivity contribution is 5.84. The van der Waals surface area contributed by atoms with Crippen LogP contribution < -0.4 is 0 Å². The minimum Gasteiger partial charge on any atom is -0.481 e. The van der Waals surface area contributed by atoms with E-state index in [0.717, 1.165) is 48.7 Å². The second-order valence-electron chi connectivity index (χ2n) is 6.53. The molecule has 0 radical (unpaired) electrons. The van der Waals surface area contributed by atoms with Gasteiger partial charge in [0.1, 0.15) is 0 Å². The molecule has 0 unspecified atom stereocenters. The Kier molecular flexibility index (Phi) is 2.81. The molecule has 1 aromatic carbocycles. The topological polar surface area (TPSA) is 55.1 Å². The Hall–Kier alpha value is -1.84. The van der Waals surface area contributed by atoms with Gasteiger partial charge in [0.2, 0.25) is 0 Å². The predicted molar refractivity (Wildman–Crippen MR) is 80.4 cm³/mol. The van der Waals surface area contributed by atoms with Crippen molar-refractivity contribution in [3.63, 3.8) is 0 Å². The number of carbonyl (C=O) groups is 1. The largest absolute Gasteiger partial charge is 0.481 e. The van der Waals surface area contributed by atoms with Crippen LogP contribution >= 0.6 is 0 Å². The van der Waals surface area contributed by atoms with Crippen LogP contribution in [0.5, 0.6) is 0 Å². The molecule has 0 amide bonds. The molecule has 0 atom stereocenters. The molecule has 1 aromatic heterocycles. The summed E-state index contributed by atoms with van der Waals surface area (Å²) in [6, 6.07) is 6.69. The number of carboxylic acid groups (broad SMARTS) is 1. The van der Waals surface area contributed by atoms with Crippen LogP contribution in [0.15, 0.2) is 24.5 Å². The summed E-state index contributed by atoms with van der Waals surface area (Å²) in [5.41, 5.74) is 2.31. The molecule has 4 nitrogen and oxygen atoms in total. The number of hydrogen-bond donors (Lipinski definition) is 1. The van der Waals surface area contributed by atoms with Crippen LogP contribution in [-0.2, 0) is 10.2 Å². The number of benzene rings is 1. The fourth-order valence-electron chi connectivity index (χ4n) is 3.75. The Morgan fingerprint density at radius 2 is 2.00 bits per heavy atom. The second-order valence-corrected chi connectivity index (χ2v) is 6.53. The molecule has 0 bridgehead atoms. The number of hydrogen-bond acceptors (Lipinski definition) is 2. The number of aliphatic carboxylic acids is 1. The van der Waals surface area contributed by atoms with Crippen molar-refractivity contribution in [3.05, 3.63) is 30.1 Å². The Labute approximate surface area is 123 Å². The van der Waals surface area contributed by atoms with Crippen molar-refractivity contribution < 1.29 is 9.90 Å². The molecule has 2 fully saturated rings. The first-order valence-corrected chi connectivity index (χ1v) is 7.91. The van der Waals surface area contributed by atoms with Crippen molar-refractivity contribution in [1.82, 2.24) is 9.55 Å². The molecule has 1 N–H and O–H groups in total. The number of nitrogens with zero attached hydrogens (tertiary/aromatic N) is 2. The normalized spacial score (nSPS) is 21.5. The van der Waals surface area contributed by atoms with E-state index >= 15 is 0 Å². The van der Waals surface area contributed by atoms with Crippen molar-refractivity contribution in [2.24, 2.45) is 0 Å². The van der Waals surface area contributed by atoms with Crippen LogP contribution in [0.2, 0.25) is 0 Å². The molecule has 21 heavy (non-hydrogen) atoms. The van der Waals surface area contributed by atoms with Gasteiger partial charge in [0.15, 0.2) is 0 Å². The fraction of sp³-hybridized carbons (Fsp3) is 0.529. The Balaban J connectivity index is 1.80. The zero-order valence-electron chi connectivity index (χ0n) is 12.1. The summed E-state index contributed by atoms with van der Waals surface area (Å²) >= 11 is 0. The van der Waals surface area contributed by atoms with Crippen LogP contribution in [0.4, 0.5) is 0 Å². The maximum Gasteiger partial charge on any atom is 0.314 e. The van der Waals surface area contributed by atoms with Crippen LogP contribution in [-0.4, -0.2) is 20.6 Å². The van der Waals surface area contributed by atoms with E-state index in [1.807, 2.05) is 18.5 Å². The van der Waals surface area contributed by atoms with Crippen molar-refractivity contribution in [3.8, 4) is 0 Å². The highest BCUT2D eigenvalue weighted by Gasteiger charge is 2.41. The van der Waals surface area contributed by atoms with Crippen LogP contribution in [0.3, 0.4) is 0 Å². The highest BCUT2D eigenvalue weighted by atomic mass is 16.4. The minimum atomic E-state index is -0.699. The average molecular weight is 284 g/mol. The van der Waals surface area contributed by atoms with Gasteiger partial charge in [0.05, 0.1) is 22.8 Å². The molecule has 0 spiro atoms. The zero-order chi connectivity index (χ0) is 14.4. The molecule has 110 valence electrons. The maximum atomic E-state index is 11.9. The lowest BCUT2D eigenvalue weighted by atomic mass is 9.69. The third-order valence-electron chi connectivity index (χ3n) is 5.18. The smallest absolute Gasteiger partial charge is 0.314 e. The molecule has 4 rings (SSSR count). The molecular formula is C17H20N2O2. The number of imidazole rings is 1. The van der Waals surface area contributed by atoms with Crippen LogP contribution in [0.1, 0.15) is 56.6 Å². The number of aromatic nitrogens is 2. The fourth-order valence-corrected chi connectivity index (χ4v) is 3.75. The summed E-state index contributed by atoms with van der Waals surface area (Å²) in [4.78, 5) is 16.4. The number of carboxylic acids is 1. The van der Waals surface area contributed by atoms with Crippen molar-refractivity contribution >= 4 is 17.0 Å². The van der Waals surface area contributed by atoms with Crippen molar-refractivity contribution in [2.45, 2.75) is 56.4 Å². The Bertz CT molecular complexity index is 694. The molecule has 2 aliphatic rings. The first-order chi connectivity index (χ1) is 10.2. The second kappa shape index (κ2) is 4.58. The molecule has 2 aliphatic carbocycles. The van der Waals surface area contributed by atoms with Crippen molar-refractivity contribution in [1.29, 1.82) is 0 Å². The summed E-state index contributed by atoms with van der Waals surface area (Å²) in [5.74, 6) is -0.678. The molecule has 2 aromatic rings. The maximum absolute atomic E-state index is 11.9. The molecule has 4 heteroatoms. The quantitative estimate of drug-likeness (QED) is 0.935. The van der Waals surface area contributed by atoms with Gasteiger partial charge in [-0.15, -0.1) is 0 Å². The summed E-state index contributed by atoms with van der Waals surface area (Å²) < 4.78 is 2.23. The highest BCUT2D eigenvalue weighted by Crippen LogP contribution is 2.42. The van der Waals surface area contributed by atoms with E-state index in [9.17, 15) is 9.90 Å². The van der Waals surface area contributed by atoms with E-state index in [1.165, 1.54) is 12.8 Å². The van der Waals surface area contributed by atoms with E-state index in [4.69, 9.17) is 0 Å². The van der Waals surface area contributed by atoms with E-state index in [2.05, 4.69) is 15.6 Å². The van der Waals surface area contributed by atoms with Gasteiger partial charge in [0, 0.05) is 6.04 Å². The lowest BCUT2D eigenvalue weighted by Gasteiger charge is -2.33. The summed E-state index contributed by atoms with van der Waals surface area (Å²) in [6.45, 7) is 0. The predicted octanol–water partition coefficient (Wildman–Crippen LogP) is 3.66. The lowest BCUT2D eigenvalue weighted by molar-refractivity contribution is -0.145. The standard InChI is InChI=1S/C17H20N2O2/c20-16(21)17(8-2-1-3-9-17)12-4-7-15-14(10-12)18-11-19(15)13-5-6-13/h4,7,10-11,13H,1-3,5-6,8-9H2,(H,20,21). The average Bonchev–Trinajstić information content (AvgIpc) is 3.27. The SMILES string of the molecule is O=C(O)C1(c2ccc3c(c2)ncn3C2CC2)CCCCC1. The van der Waals surface area contributed by atoms with Gasteiger partial charge in [-0.25, -0.2) is 4.98 Å². The third kappa shape index (κ3) is 1.96. The zero-order valence-corrected chi connectivity index (χ0v) is 12.1. The van der Waals surface area contributed by atoms with Gasteiger partial charge < -0.3 is 9.67 Å². The molecule has 0 saturated heterocycles.